The first-order valence-electron chi connectivity index (χ1n) is 8.93. The lowest BCUT2D eigenvalue weighted by Gasteiger charge is -2.22. The summed E-state index contributed by atoms with van der Waals surface area (Å²) < 4.78 is 33.2. The van der Waals surface area contributed by atoms with Crippen LogP contribution >= 0.6 is 0 Å². The number of methoxy groups -OCH3 is 1. The molecule has 3 rings (SSSR count). The molecule has 0 saturated heterocycles. The summed E-state index contributed by atoms with van der Waals surface area (Å²) >= 11 is 0. The van der Waals surface area contributed by atoms with Crippen molar-refractivity contribution >= 4 is 21.6 Å². The Balaban J connectivity index is 1.80. The molecule has 0 saturated carbocycles. The van der Waals surface area contributed by atoms with E-state index in [0.717, 1.165) is 16.8 Å². The third-order valence-corrected chi connectivity index (χ3v) is 6.15. The van der Waals surface area contributed by atoms with E-state index in [4.69, 9.17) is 4.74 Å². The van der Waals surface area contributed by atoms with E-state index in [1.807, 2.05) is 32.0 Å². The third-order valence-electron chi connectivity index (χ3n) is 4.75. The number of amides is 1. The zero-order chi connectivity index (χ0) is 19.6. The van der Waals surface area contributed by atoms with E-state index < -0.39 is 10.0 Å². The molecule has 2 aromatic carbocycles. The maximum Gasteiger partial charge on any atom is 0.240 e. The Morgan fingerprint density at radius 3 is 2.74 bits per heavy atom. The van der Waals surface area contributed by atoms with Crippen molar-refractivity contribution in [3.8, 4) is 5.75 Å². The molecule has 0 aliphatic carbocycles. The number of carbonyl (C=O) groups excluding carboxylic acids is 1. The number of nitrogens with one attached hydrogen (secondary N) is 1. The van der Waals surface area contributed by atoms with Crippen molar-refractivity contribution in [3.05, 3.63) is 53.6 Å². The van der Waals surface area contributed by atoms with Crippen molar-refractivity contribution in [1.82, 2.24) is 4.72 Å². The Morgan fingerprint density at radius 1 is 1.26 bits per heavy atom. The summed E-state index contributed by atoms with van der Waals surface area (Å²) in [7, 11) is -2.08. The van der Waals surface area contributed by atoms with Crippen LogP contribution in [0.1, 0.15) is 31.4 Å². The fraction of sp³-hybridized carbons (Fsp3) is 0.350. The number of anilines is 1. The molecular formula is C20H24N2O4S. The molecular weight excluding hydrogens is 364 g/mol. The topological polar surface area (TPSA) is 75.7 Å². The van der Waals surface area contributed by atoms with Crippen LogP contribution in [0.25, 0.3) is 0 Å². The van der Waals surface area contributed by atoms with Crippen LogP contribution in [-0.4, -0.2) is 27.5 Å². The molecule has 1 aliphatic rings. The number of fused-ring (bicyclic) bond motifs is 1. The fourth-order valence-electron chi connectivity index (χ4n) is 3.37. The highest BCUT2D eigenvalue weighted by atomic mass is 32.2. The summed E-state index contributed by atoms with van der Waals surface area (Å²) in [6.45, 7) is 3.98. The molecule has 0 spiro atoms. The first-order valence-corrected chi connectivity index (χ1v) is 10.4. The molecule has 1 heterocycles. The summed E-state index contributed by atoms with van der Waals surface area (Å²) in [5, 5.41) is 0. The zero-order valence-corrected chi connectivity index (χ0v) is 16.5. The van der Waals surface area contributed by atoms with Gasteiger partial charge in [-0.2, -0.15) is 0 Å². The van der Waals surface area contributed by atoms with E-state index in [0.29, 0.717) is 18.6 Å². The van der Waals surface area contributed by atoms with Crippen LogP contribution in [-0.2, 0) is 27.8 Å². The van der Waals surface area contributed by atoms with Gasteiger partial charge in [0.25, 0.3) is 0 Å². The zero-order valence-electron chi connectivity index (χ0n) is 15.7. The number of benzene rings is 2. The van der Waals surface area contributed by atoms with Gasteiger partial charge in [-0.3, -0.25) is 4.79 Å². The van der Waals surface area contributed by atoms with Gasteiger partial charge in [0.05, 0.1) is 12.0 Å². The van der Waals surface area contributed by atoms with Crippen LogP contribution in [0.4, 0.5) is 5.69 Å². The Labute approximate surface area is 160 Å². The van der Waals surface area contributed by atoms with Crippen molar-refractivity contribution in [2.75, 3.05) is 12.0 Å². The number of sulfonamides is 1. The quantitative estimate of drug-likeness (QED) is 0.826. The van der Waals surface area contributed by atoms with E-state index in [1.54, 1.807) is 36.3 Å². The average molecular weight is 388 g/mol. The molecule has 2 aromatic rings. The molecule has 6 nitrogen and oxygen atoms in total. The highest BCUT2D eigenvalue weighted by molar-refractivity contribution is 7.89. The van der Waals surface area contributed by atoms with E-state index in [1.165, 1.54) is 0 Å². The Kier molecular flexibility index (Phi) is 5.53. The Hall–Kier alpha value is -2.38. The number of rotatable bonds is 6. The van der Waals surface area contributed by atoms with Gasteiger partial charge in [-0.15, -0.1) is 0 Å². The van der Waals surface area contributed by atoms with Crippen LogP contribution < -0.4 is 14.4 Å². The molecule has 0 aromatic heterocycles. The van der Waals surface area contributed by atoms with Crippen molar-refractivity contribution in [2.24, 2.45) is 0 Å². The molecule has 144 valence electrons. The second-order valence-corrected chi connectivity index (χ2v) is 8.40. The fourth-order valence-corrected chi connectivity index (χ4v) is 4.44. The Morgan fingerprint density at radius 2 is 2.04 bits per heavy atom. The van der Waals surface area contributed by atoms with E-state index in [-0.39, 0.29) is 23.4 Å². The molecule has 1 aliphatic heterocycles. The molecule has 0 fully saturated rings. The predicted octanol–water partition coefficient (Wildman–Crippen LogP) is 2.86. The van der Waals surface area contributed by atoms with Gasteiger partial charge in [-0.25, -0.2) is 13.1 Å². The van der Waals surface area contributed by atoms with Crippen LogP contribution in [0.5, 0.6) is 5.75 Å². The predicted molar refractivity (Wildman–Crippen MR) is 104 cm³/mol. The SMILES string of the molecule is CCC(=O)N1c2ccc(S(=O)(=O)NCc3cccc(OC)c3)cc2C[C@H]1C. The lowest BCUT2D eigenvalue weighted by atomic mass is 10.1. The van der Waals surface area contributed by atoms with Gasteiger partial charge >= 0.3 is 0 Å². The van der Waals surface area contributed by atoms with Crippen molar-refractivity contribution < 1.29 is 17.9 Å². The van der Waals surface area contributed by atoms with Crippen LogP contribution in [0.2, 0.25) is 0 Å². The van der Waals surface area contributed by atoms with Crippen LogP contribution in [0, 0.1) is 0 Å². The van der Waals surface area contributed by atoms with E-state index in [2.05, 4.69) is 4.72 Å². The smallest absolute Gasteiger partial charge is 0.240 e. The molecule has 0 radical (unpaired) electrons. The standard InChI is InChI=1S/C20H24N2O4S/c1-4-20(23)22-14(2)10-16-12-18(8-9-19(16)22)27(24,25)21-13-15-6-5-7-17(11-15)26-3/h5-9,11-12,14,21H,4,10,13H2,1-3H3/t14-/m1/s1. The second-order valence-electron chi connectivity index (χ2n) is 6.64. The first kappa shape index (κ1) is 19.4. The van der Waals surface area contributed by atoms with Crippen molar-refractivity contribution in [1.29, 1.82) is 0 Å². The number of carbonyl (C=O) groups is 1. The Bertz CT molecular complexity index is 956. The lowest BCUT2D eigenvalue weighted by Crippen LogP contribution is -2.35. The molecule has 7 heteroatoms. The van der Waals surface area contributed by atoms with Gasteiger partial charge < -0.3 is 9.64 Å². The van der Waals surface area contributed by atoms with Crippen LogP contribution in [0.15, 0.2) is 47.4 Å². The van der Waals surface area contributed by atoms with E-state index in [9.17, 15) is 13.2 Å². The molecule has 1 N–H and O–H groups in total. The van der Waals surface area contributed by atoms with Gasteiger partial charge in [-0.1, -0.05) is 19.1 Å². The third kappa shape index (κ3) is 3.99. The maximum atomic E-state index is 12.7. The summed E-state index contributed by atoms with van der Waals surface area (Å²) in [5.41, 5.74) is 2.50. The van der Waals surface area contributed by atoms with Crippen molar-refractivity contribution in [3.63, 3.8) is 0 Å². The van der Waals surface area contributed by atoms with Gasteiger partial charge in [0.15, 0.2) is 0 Å². The molecule has 0 bridgehead atoms. The largest absolute Gasteiger partial charge is 0.497 e. The lowest BCUT2D eigenvalue weighted by molar-refractivity contribution is -0.118. The summed E-state index contributed by atoms with van der Waals surface area (Å²) in [4.78, 5) is 14.1. The highest BCUT2D eigenvalue weighted by Gasteiger charge is 2.31. The van der Waals surface area contributed by atoms with E-state index >= 15 is 0 Å². The summed E-state index contributed by atoms with van der Waals surface area (Å²) in [6, 6.07) is 12.2. The number of hydrogen-bond acceptors (Lipinski definition) is 4. The second kappa shape index (κ2) is 7.70. The number of nitrogens with zero attached hydrogens (tertiary/aromatic N) is 1. The minimum Gasteiger partial charge on any atom is -0.497 e. The summed E-state index contributed by atoms with van der Waals surface area (Å²) in [5.74, 6) is 0.729. The molecule has 27 heavy (non-hydrogen) atoms. The minimum atomic E-state index is -3.65. The average Bonchev–Trinajstić information content (AvgIpc) is 3.01. The van der Waals surface area contributed by atoms with Gasteiger partial charge in [0, 0.05) is 24.7 Å². The summed E-state index contributed by atoms with van der Waals surface area (Å²) in [6.07, 6.45) is 1.08. The van der Waals surface area contributed by atoms with Gasteiger partial charge in [0.2, 0.25) is 15.9 Å². The number of hydrogen-bond donors (Lipinski definition) is 1. The highest BCUT2D eigenvalue weighted by Crippen LogP contribution is 2.34. The monoisotopic (exact) mass is 388 g/mol. The normalized spacial score (nSPS) is 16.3. The van der Waals surface area contributed by atoms with Crippen LogP contribution in [0.3, 0.4) is 0 Å². The number of ether oxygens (including phenoxy) is 1. The van der Waals surface area contributed by atoms with Gasteiger partial charge in [-0.05, 0) is 54.8 Å². The molecule has 1 amide bonds. The first-order chi connectivity index (χ1) is 12.9. The van der Waals surface area contributed by atoms with Gasteiger partial charge in [0.1, 0.15) is 5.75 Å². The van der Waals surface area contributed by atoms with Crippen molar-refractivity contribution in [2.45, 2.75) is 44.2 Å². The molecule has 1 atom stereocenters. The minimum absolute atomic E-state index is 0.0372. The molecule has 0 unspecified atom stereocenters. The maximum absolute atomic E-state index is 12.7.